The fourth-order valence-electron chi connectivity index (χ4n) is 3.89. The van der Waals surface area contributed by atoms with E-state index in [1.165, 1.54) is 50.4 Å². The smallest absolute Gasteiger partial charge is 0.404 e. The van der Waals surface area contributed by atoms with Gasteiger partial charge >= 0.3 is 13.3 Å². The lowest BCUT2D eigenvalue weighted by atomic mass is 10.1. The summed E-state index contributed by atoms with van der Waals surface area (Å²) < 4.78 is 73.1. The number of nitriles is 1. The number of benzene rings is 3. The van der Waals surface area contributed by atoms with Crippen molar-refractivity contribution in [1.29, 1.82) is 5.26 Å². The van der Waals surface area contributed by atoms with Crippen molar-refractivity contribution in [3.05, 3.63) is 93.8 Å². The zero-order valence-corrected chi connectivity index (χ0v) is 23.9. The third kappa shape index (κ3) is 6.16. The summed E-state index contributed by atoms with van der Waals surface area (Å²) in [7, 11) is -4.77. The summed E-state index contributed by atoms with van der Waals surface area (Å²) in [6.07, 6.45) is 1.50. The van der Waals surface area contributed by atoms with E-state index < -0.39 is 24.6 Å². The van der Waals surface area contributed by atoms with Gasteiger partial charge in [-0.25, -0.2) is 9.37 Å². The van der Waals surface area contributed by atoms with Crippen LogP contribution in [0, 0.1) is 17.1 Å². The average Bonchev–Trinajstić information content (AvgIpc) is 3.43. The van der Waals surface area contributed by atoms with Gasteiger partial charge in [-0.2, -0.15) is 14.0 Å². The van der Waals surface area contributed by atoms with Crippen LogP contribution in [0.4, 0.5) is 18.9 Å². The van der Waals surface area contributed by atoms with Crippen LogP contribution in [0.2, 0.25) is 0 Å². The Labute approximate surface area is 237 Å². The minimum absolute atomic E-state index is 0.0236. The molecule has 3 aromatic carbocycles. The van der Waals surface area contributed by atoms with Crippen molar-refractivity contribution in [3.63, 3.8) is 0 Å². The number of anilines is 1. The third-order valence-corrected chi connectivity index (χ3v) is 8.58. The molecule has 1 aromatic heterocycles. The van der Waals surface area contributed by atoms with Crippen LogP contribution in [-0.2, 0) is 25.8 Å². The number of oxazole rings is 1. The second-order valence-electron chi connectivity index (χ2n) is 8.45. The molecular weight excluding hydrogens is 610 g/mol. The highest BCUT2D eigenvalue weighted by Crippen LogP contribution is 2.67. The predicted octanol–water partition coefficient (Wildman–Crippen LogP) is 8.71. The number of nitrogens with one attached hydrogen (secondary N) is 1. The van der Waals surface area contributed by atoms with Gasteiger partial charge in [-0.1, -0.05) is 28.1 Å². The van der Waals surface area contributed by atoms with Gasteiger partial charge in [0.05, 0.1) is 36.6 Å². The molecule has 1 N–H and O–H groups in total. The Morgan fingerprint density at radius 3 is 2.40 bits per heavy atom. The second-order valence-corrected chi connectivity index (χ2v) is 11.4. The number of halogens is 4. The van der Waals surface area contributed by atoms with Crippen LogP contribution in [0.1, 0.15) is 30.5 Å². The van der Waals surface area contributed by atoms with Crippen LogP contribution in [0.25, 0.3) is 22.8 Å². The first kappa shape index (κ1) is 29.6. The molecular formula is C28H24BrF3N3O4P. The topological polar surface area (TPSA) is 97.4 Å². The molecule has 0 aliphatic carbocycles. The van der Waals surface area contributed by atoms with E-state index in [4.69, 9.17) is 18.7 Å². The molecule has 0 aliphatic rings. The normalized spacial score (nSPS) is 11.8. The zero-order valence-electron chi connectivity index (χ0n) is 21.5. The van der Waals surface area contributed by atoms with Gasteiger partial charge in [0.25, 0.3) is 0 Å². The Balaban J connectivity index is 1.56. The Bertz CT molecular complexity index is 1580. The molecule has 0 saturated heterocycles. The van der Waals surface area contributed by atoms with Crippen LogP contribution < -0.4 is 5.32 Å². The first-order valence-electron chi connectivity index (χ1n) is 12.2. The van der Waals surface area contributed by atoms with Gasteiger partial charge in [-0.15, -0.1) is 0 Å². The summed E-state index contributed by atoms with van der Waals surface area (Å²) >= 11 is 3.17. The molecule has 0 spiro atoms. The van der Waals surface area contributed by atoms with Gasteiger partial charge in [0.1, 0.15) is 5.82 Å². The molecule has 208 valence electrons. The number of aromatic nitrogens is 1. The molecule has 0 radical (unpaired) electrons. The molecule has 40 heavy (non-hydrogen) atoms. The largest absolute Gasteiger partial charge is 0.436 e. The number of hydrogen-bond donors (Lipinski definition) is 1. The van der Waals surface area contributed by atoms with E-state index in [9.17, 15) is 8.96 Å². The maximum Gasteiger partial charge on any atom is 0.404 e. The van der Waals surface area contributed by atoms with E-state index in [1.807, 2.05) is 6.07 Å². The first-order valence-corrected chi connectivity index (χ1v) is 14.5. The molecule has 0 unspecified atom stereocenters. The van der Waals surface area contributed by atoms with Gasteiger partial charge in [-0.3, -0.25) is 4.57 Å². The zero-order chi connectivity index (χ0) is 28.9. The molecule has 7 nitrogen and oxygen atoms in total. The quantitative estimate of drug-likeness (QED) is 0.165. The van der Waals surface area contributed by atoms with Crippen LogP contribution in [-0.4, -0.2) is 18.2 Å². The van der Waals surface area contributed by atoms with E-state index in [0.29, 0.717) is 33.7 Å². The highest BCUT2D eigenvalue weighted by Gasteiger charge is 2.55. The summed E-state index contributed by atoms with van der Waals surface area (Å²) in [5.41, 5.74) is -1.75. The van der Waals surface area contributed by atoms with Crippen molar-refractivity contribution in [1.82, 2.24) is 4.98 Å². The van der Waals surface area contributed by atoms with Crippen molar-refractivity contribution < 1.29 is 31.2 Å². The van der Waals surface area contributed by atoms with Gasteiger partial charge < -0.3 is 18.8 Å². The molecule has 4 rings (SSSR count). The van der Waals surface area contributed by atoms with Crippen molar-refractivity contribution in [2.45, 2.75) is 26.1 Å². The highest BCUT2D eigenvalue weighted by atomic mass is 79.9. The van der Waals surface area contributed by atoms with Crippen LogP contribution in [0.3, 0.4) is 0 Å². The maximum absolute atomic E-state index is 15.2. The monoisotopic (exact) mass is 633 g/mol. The average molecular weight is 634 g/mol. The van der Waals surface area contributed by atoms with Crippen LogP contribution in [0.5, 0.6) is 0 Å². The van der Waals surface area contributed by atoms with E-state index >= 15 is 8.78 Å². The lowest BCUT2D eigenvalue weighted by Gasteiger charge is -2.26. The molecule has 0 fully saturated rings. The predicted molar refractivity (Wildman–Crippen MR) is 148 cm³/mol. The Kier molecular flexibility index (Phi) is 9.16. The fraction of sp³-hybridized carbons (Fsp3) is 0.214. The molecule has 0 aliphatic heterocycles. The summed E-state index contributed by atoms with van der Waals surface area (Å²) in [6, 6.07) is 17.0. The van der Waals surface area contributed by atoms with E-state index in [0.717, 1.165) is 6.07 Å². The third-order valence-electron chi connectivity index (χ3n) is 5.80. The van der Waals surface area contributed by atoms with Crippen LogP contribution in [0.15, 0.2) is 75.8 Å². The molecule has 0 bridgehead atoms. The summed E-state index contributed by atoms with van der Waals surface area (Å²) in [6.45, 7) is 2.70. The van der Waals surface area contributed by atoms with Crippen molar-refractivity contribution >= 4 is 29.2 Å². The van der Waals surface area contributed by atoms with Gasteiger partial charge in [0.15, 0.2) is 5.76 Å². The van der Waals surface area contributed by atoms with Crippen LogP contribution >= 0.6 is 23.5 Å². The Morgan fingerprint density at radius 1 is 1.07 bits per heavy atom. The lowest BCUT2D eigenvalue weighted by molar-refractivity contribution is 0.0354. The van der Waals surface area contributed by atoms with Gasteiger partial charge in [0.2, 0.25) is 5.89 Å². The fourth-order valence-corrected chi connectivity index (χ4v) is 6.28. The number of hydrogen-bond acceptors (Lipinski definition) is 7. The number of alkyl halides is 2. The highest BCUT2D eigenvalue weighted by molar-refractivity contribution is 9.10. The van der Waals surface area contributed by atoms with Crippen molar-refractivity contribution in [2.24, 2.45) is 0 Å². The lowest BCUT2D eigenvalue weighted by Crippen LogP contribution is -2.19. The SMILES string of the molecule is CCOP(=O)(OCC)C(F)(F)c1ccc(CNc2ccc(F)cc2-c2ncc(-c3ccc(C#N)cc3)o2)cc1Br. The minimum atomic E-state index is -4.77. The number of nitrogens with zero attached hydrogens (tertiary/aromatic N) is 2. The standard InChI is InChI=1S/C28H24BrF3N3O4P/c1-3-37-40(36,38-4-2)28(31,32)23-11-7-19(13-24(23)29)16-34-25-12-10-21(30)14-22(25)27-35-17-26(39-27)20-8-5-18(15-33)6-9-20/h5-14,17,34H,3-4,16H2,1-2H3. The first-order chi connectivity index (χ1) is 19.1. The maximum atomic E-state index is 15.2. The Hall–Kier alpha value is -3.42. The van der Waals surface area contributed by atoms with Crippen molar-refractivity contribution in [2.75, 3.05) is 18.5 Å². The van der Waals surface area contributed by atoms with Gasteiger partial charge in [0, 0.05) is 27.8 Å². The molecule has 0 saturated carbocycles. The summed E-state index contributed by atoms with van der Waals surface area (Å²) in [4.78, 5) is 4.29. The minimum Gasteiger partial charge on any atom is -0.436 e. The van der Waals surface area contributed by atoms with E-state index in [2.05, 4.69) is 26.2 Å². The van der Waals surface area contributed by atoms with E-state index in [-0.39, 0.29) is 30.1 Å². The second kappa shape index (κ2) is 12.4. The molecule has 0 amide bonds. The molecule has 1 heterocycles. The molecule has 4 aromatic rings. The summed E-state index contributed by atoms with van der Waals surface area (Å²) in [5, 5.41) is 12.2. The van der Waals surface area contributed by atoms with E-state index in [1.54, 1.807) is 24.3 Å². The molecule has 0 atom stereocenters. The van der Waals surface area contributed by atoms with Gasteiger partial charge in [-0.05, 0) is 67.9 Å². The van der Waals surface area contributed by atoms with Crippen molar-refractivity contribution in [3.8, 4) is 28.8 Å². The summed E-state index contributed by atoms with van der Waals surface area (Å²) in [5.74, 6) is 0.104. The Morgan fingerprint density at radius 2 is 1.77 bits per heavy atom. The molecule has 12 heteroatoms. The number of rotatable bonds is 11.